The van der Waals surface area contributed by atoms with Crippen LogP contribution < -0.4 is 10.0 Å². The van der Waals surface area contributed by atoms with Gasteiger partial charge in [-0.25, -0.2) is 13.1 Å². The molecule has 0 aromatic carbocycles. The summed E-state index contributed by atoms with van der Waals surface area (Å²) in [6.45, 7) is 1.64. The highest BCUT2D eigenvalue weighted by atomic mass is 32.2. The van der Waals surface area contributed by atoms with Gasteiger partial charge >= 0.3 is 0 Å². The highest BCUT2D eigenvalue weighted by molar-refractivity contribution is 7.88. The van der Waals surface area contributed by atoms with Gasteiger partial charge in [-0.2, -0.15) is 0 Å². The van der Waals surface area contributed by atoms with E-state index in [2.05, 4.69) is 10.0 Å². The van der Waals surface area contributed by atoms with Crippen LogP contribution in [-0.2, 0) is 14.8 Å². The Morgan fingerprint density at radius 3 is 3.00 bits per heavy atom. The summed E-state index contributed by atoms with van der Waals surface area (Å²) < 4.78 is 29.0. The smallest absolute Gasteiger partial charge is 0.208 e. The molecule has 1 atom stereocenters. The van der Waals surface area contributed by atoms with Crippen LogP contribution in [0.15, 0.2) is 0 Å². The van der Waals surface area contributed by atoms with Gasteiger partial charge in [-0.3, -0.25) is 0 Å². The molecule has 1 fully saturated rings. The fourth-order valence-corrected chi connectivity index (χ4v) is 1.69. The third kappa shape index (κ3) is 4.34. The van der Waals surface area contributed by atoms with Gasteiger partial charge in [-0.1, -0.05) is 0 Å². The lowest BCUT2D eigenvalue weighted by Crippen LogP contribution is -2.51. The molecule has 3 N–H and O–H groups in total. The van der Waals surface area contributed by atoms with Crippen LogP contribution in [0, 0.1) is 0 Å². The molecule has 0 saturated carbocycles. The SMILES string of the molecule is CS(=O)(=O)NCC1(O)CNCCOC1. The first-order valence-corrected chi connectivity index (χ1v) is 6.26. The van der Waals surface area contributed by atoms with Crippen LogP contribution in [0.25, 0.3) is 0 Å². The van der Waals surface area contributed by atoms with Gasteiger partial charge in [0.05, 0.1) is 19.5 Å². The summed E-state index contributed by atoms with van der Waals surface area (Å²) >= 11 is 0. The molecule has 1 aliphatic rings. The van der Waals surface area contributed by atoms with E-state index in [-0.39, 0.29) is 13.2 Å². The number of rotatable bonds is 3. The first kappa shape index (κ1) is 11.9. The van der Waals surface area contributed by atoms with Crippen molar-refractivity contribution in [1.29, 1.82) is 0 Å². The zero-order valence-electron chi connectivity index (χ0n) is 8.12. The molecule has 0 aromatic heterocycles. The summed E-state index contributed by atoms with van der Waals surface area (Å²) in [5.41, 5.74) is -1.15. The number of hydrogen-bond acceptors (Lipinski definition) is 5. The Balaban J connectivity index is 2.47. The van der Waals surface area contributed by atoms with Crippen LogP contribution in [0.3, 0.4) is 0 Å². The number of aliphatic hydroxyl groups is 1. The summed E-state index contributed by atoms with van der Waals surface area (Å²) in [6, 6.07) is 0. The zero-order valence-corrected chi connectivity index (χ0v) is 8.93. The molecule has 1 saturated heterocycles. The minimum Gasteiger partial charge on any atom is -0.385 e. The summed E-state index contributed by atoms with van der Waals surface area (Å²) in [5.74, 6) is 0. The predicted molar refractivity (Wildman–Crippen MR) is 51.5 cm³/mol. The van der Waals surface area contributed by atoms with Gasteiger partial charge in [0.2, 0.25) is 10.0 Å². The Kier molecular flexibility index (Phi) is 3.85. The Hall–Kier alpha value is -0.210. The second-order valence-electron chi connectivity index (χ2n) is 3.55. The average Bonchev–Trinajstić information content (AvgIpc) is 2.27. The van der Waals surface area contributed by atoms with Gasteiger partial charge in [0.25, 0.3) is 0 Å². The Morgan fingerprint density at radius 2 is 2.36 bits per heavy atom. The minimum absolute atomic E-state index is 0.0289. The first-order valence-electron chi connectivity index (χ1n) is 4.37. The van der Waals surface area contributed by atoms with E-state index in [0.29, 0.717) is 19.7 Å². The van der Waals surface area contributed by atoms with Crippen LogP contribution in [0.5, 0.6) is 0 Å². The number of nitrogens with one attached hydrogen (secondary N) is 2. The molecule has 0 spiro atoms. The normalized spacial score (nSPS) is 29.9. The molecule has 0 aliphatic carbocycles. The van der Waals surface area contributed by atoms with Crippen molar-refractivity contribution in [2.75, 3.05) is 39.1 Å². The molecular formula is C7H16N2O4S. The molecule has 1 heterocycles. The van der Waals surface area contributed by atoms with E-state index in [1.54, 1.807) is 0 Å². The quantitative estimate of drug-likeness (QED) is 0.510. The fourth-order valence-electron chi connectivity index (χ4n) is 1.16. The van der Waals surface area contributed by atoms with Gasteiger partial charge in [-0.05, 0) is 0 Å². The van der Waals surface area contributed by atoms with E-state index >= 15 is 0 Å². The monoisotopic (exact) mass is 224 g/mol. The topological polar surface area (TPSA) is 87.7 Å². The van der Waals surface area contributed by atoms with E-state index in [0.717, 1.165) is 6.26 Å². The number of hydrogen-bond donors (Lipinski definition) is 3. The number of β-amino-alcohol motifs (C(OH)–C–C–N with tert-alkyl or cyclic N) is 1. The van der Waals surface area contributed by atoms with Crippen molar-refractivity contribution in [2.45, 2.75) is 5.60 Å². The first-order chi connectivity index (χ1) is 6.41. The van der Waals surface area contributed by atoms with Crippen LogP contribution in [0.2, 0.25) is 0 Å². The van der Waals surface area contributed by atoms with Gasteiger partial charge in [0.15, 0.2) is 0 Å². The van der Waals surface area contributed by atoms with Crippen molar-refractivity contribution in [2.24, 2.45) is 0 Å². The van der Waals surface area contributed by atoms with E-state index in [9.17, 15) is 13.5 Å². The Bertz CT molecular complexity index is 269. The van der Waals surface area contributed by atoms with Crippen molar-refractivity contribution < 1.29 is 18.3 Å². The number of sulfonamides is 1. The standard InChI is InChI=1S/C7H16N2O4S/c1-14(11,12)9-5-7(10)4-8-2-3-13-6-7/h8-10H,2-6H2,1H3. The third-order valence-electron chi connectivity index (χ3n) is 1.91. The Labute approximate surface area is 83.7 Å². The van der Waals surface area contributed by atoms with Crippen LogP contribution >= 0.6 is 0 Å². The van der Waals surface area contributed by atoms with E-state index in [4.69, 9.17) is 4.74 Å². The molecule has 0 amide bonds. The minimum atomic E-state index is -3.27. The summed E-state index contributed by atoms with van der Waals surface area (Å²) in [5, 5.41) is 12.9. The van der Waals surface area contributed by atoms with Gasteiger partial charge in [0, 0.05) is 19.6 Å². The zero-order chi connectivity index (χ0) is 10.7. The van der Waals surface area contributed by atoms with E-state index < -0.39 is 15.6 Å². The summed E-state index contributed by atoms with van der Waals surface area (Å²) in [7, 11) is -3.27. The van der Waals surface area contributed by atoms with E-state index in [1.165, 1.54) is 0 Å². The lowest BCUT2D eigenvalue weighted by Gasteiger charge is -2.25. The maximum atomic E-state index is 10.8. The summed E-state index contributed by atoms with van der Waals surface area (Å²) in [4.78, 5) is 0. The lowest BCUT2D eigenvalue weighted by atomic mass is 10.1. The predicted octanol–water partition coefficient (Wildman–Crippen LogP) is -2.11. The van der Waals surface area contributed by atoms with Gasteiger partial charge < -0.3 is 15.2 Å². The number of ether oxygens (including phenoxy) is 1. The van der Waals surface area contributed by atoms with Gasteiger partial charge in [-0.15, -0.1) is 0 Å². The van der Waals surface area contributed by atoms with Gasteiger partial charge in [0.1, 0.15) is 5.60 Å². The third-order valence-corrected chi connectivity index (χ3v) is 2.58. The molecule has 6 nitrogen and oxygen atoms in total. The maximum Gasteiger partial charge on any atom is 0.208 e. The average molecular weight is 224 g/mol. The molecule has 84 valence electrons. The van der Waals surface area contributed by atoms with Crippen molar-refractivity contribution in [3.63, 3.8) is 0 Å². The highest BCUT2D eigenvalue weighted by Gasteiger charge is 2.29. The lowest BCUT2D eigenvalue weighted by molar-refractivity contribution is -0.0229. The molecule has 1 aliphatic heterocycles. The van der Waals surface area contributed by atoms with Crippen molar-refractivity contribution in [1.82, 2.24) is 10.0 Å². The molecule has 1 unspecified atom stereocenters. The molecule has 7 heteroatoms. The largest absolute Gasteiger partial charge is 0.385 e. The van der Waals surface area contributed by atoms with E-state index in [1.807, 2.05) is 0 Å². The van der Waals surface area contributed by atoms with Crippen LogP contribution in [0.4, 0.5) is 0 Å². The van der Waals surface area contributed by atoms with Crippen molar-refractivity contribution >= 4 is 10.0 Å². The van der Waals surface area contributed by atoms with Crippen LogP contribution in [0.1, 0.15) is 0 Å². The fraction of sp³-hybridized carbons (Fsp3) is 1.00. The Morgan fingerprint density at radius 1 is 1.64 bits per heavy atom. The second kappa shape index (κ2) is 4.54. The molecular weight excluding hydrogens is 208 g/mol. The molecule has 0 bridgehead atoms. The summed E-state index contributed by atoms with van der Waals surface area (Å²) in [6.07, 6.45) is 1.06. The molecule has 0 radical (unpaired) electrons. The molecule has 14 heavy (non-hydrogen) atoms. The van der Waals surface area contributed by atoms with Crippen LogP contribution in [-0.4, -0.2) is 58.2 Å². The van der Waals surface area contributed by atoms with Crippen molar-refractivity contribution in [3.8, 4) is 0 Å². The van der Waals surface area contributed by atoms with Crippen molar-refractivity contribution in [3.05, 3.63) is 0 Å². The molecule has 0 aromatic rings. The maximum absolute atomic E-state index is 10.8. The second-order valence-corrected chi connectivity index (χ2v) is 5.38. The highest BCUT2D eigenvalue weighted by Crippen LogP contribution is 2.05. The molecule has 1 rings (SSSR count).